The van der Waals surface area contributed by atoms with Gasteiger partial charge in [0, 0.05) is 32.5 Å². The van der Waals surface area contributed by atoms with Crippen LogP contribution in [0.3, 0.4) is 0 Å². The fourth-order valence-electron chi connectivity index (χ4n) is 2.32. The predicted molar refractivity (Wildman–Crippen MR) is 97.3 cm³/mol. The molecule has 0 aromatic carbocycles. The average Bonchev–Trinajstić information content (AvgIpc) is 2.79. The molecule has 2 aromatic rings. The van der Waals surface area contributed by atoms with Crippen LogP contribution in [0.15, 0.2) is 6.20 Å². The molecule has 2 N–H and O–H groups in total. The first kappa shape index (κ1) is 19.2. The van der Waals surface area contributed by atoms with Crippen molar-refractivity contribution < 1.29 is 19.4 Å². The molecule has 8 nitrogen and oxygen atoms in total. The fraction of sp³-hybridized carbons (Fsp3) is 0.500. The second-order valence-electron chi connectivity index (χ2n) is 4.70. The number of amides is 1. The Bertz CT molecular complexity index is 718. The molecule has 0 spiro atoms. The van der Waals surface area contributed by atoms with Crippen LogP contribution in [0.4, 0.5) is 4.79 Å². The summed E-state index contributed by atoms with van der Waals surface area (Å²) >= 11 is 8.12. The molecule has 0 aliphatic heterocycles. The average molecular weight is 469 g/mol. The largest absolute Gasteiger partial charge is 0.465 e. The number of ether oxygens (including phenoxy) is 2. The van der Waals surface area contributed by atoms with Crippen molar-refractivity contribution in [1.29, 1.82) is 0 Å². The molecule has 0 radical (unpaired) electrons. The molecule has 0 aliphatic carbocycles. The Hall–Kier alpha value is -1.17. The highest BCUT2D eigenvalue weighted by Crippen LogP contribution is 2.33. The second-order valence-corrected chi connectivity index (χ2v) is 6.12. The second kappa shape index (κ2) is 8.79. The van der Waals surface area contributed by atoms with Crippen LogP contribution in [0.1, 0.15) is 25.8 Å². The number of halogens is 2. The number of nitrogens with one attached hydrogen (secondary N) is 1. The van der Waals surface area contributed by atoms with E-state index in [0.717, 1.165) is 14.7 Å². The Morgan fingerprint density at radius 2 is 2.12 bits per heavy atom. The summed E-state index contributed by atoms with van der Waals surface area (Å²) in [7, 11) is 0. The third-order valence-electron chi connectivity index (χ3n) is 3.22. The van der Waals surface area contributed by atoms with Crippen LogP contribution in [0.5, 0.6) is 0 Å². The van der Waals surface area contributed by atoms with Gasteiger partial charge in [0.25, 0.3) is 0 Å². The van der Waals surface area contributed by atoms with E-state index in [9.17, 15) is 4.79 Å². The Morgan fingerprint density at radius 3 is 2.71 bits per heavy atom. The zero-order chi connectivity index (χ0) is 17.7. The summed E-state index contributed by atoms with van der Waals surface area (Å²) < 4.78 is 14.2. The molecule has 10 heteroatoms. The van der Waals surface area contributed by atoms with E-state index < -0.39 is 12.4 Å². The van der Waals surface area contributed by atoms with Gasteiger partial charge >= 0.3 is 6.09 Å². The van der Waals surface area contributed by atoms with Gasteiger partial charge in [0.2, 0.25) is 5.28 Å². The van der Waals surface area contributed by atoms with E-state index in [2.05, 4.69) is 37.9 Å². The Balaban J connectivity index is 2.52. The molecule has 0 aliphatic rings. The highest BCUT2D eigenvalue weighted by Gasteiger charge is 2.25. The summed E-state index contributed by atoms with van der Waals surface area (Å²) in [4.78, 5) is 19.0. The van der Waals surface area contributed by atoms with Crippen molar-refractivity contribution in [2.75, 3.05) is 19.8 Å². The zero-order valence-corrected chi connectivity index (χ0v) is 16.2. The molecule has 2 heterocycles. The third-order valence-corrected chi connectivity index (χ3v) is 4.53. The van der Waals surface area contributed by atoms with E-state index in [0.29, 0.717) is 25.4 Å². The van der Waals surface area contributed by atoms with Gasteiger partial charge in [-0.15, -0.1) is 0 Å². The number of nitrogens with zero attached hydrogens (tertiary/aromatic N) is 3. The molecule has 1 amide bonds. The van der Waals surface area contributed by atoms with Gasteiger partial charge in [0.15, 0.2) is 6.29 Å². The van der Waals surface area contributed by atoms with E-state index in [1.165, 1.54) is 0 Å². The number of carboxylic acid groups (broad SMARTS) is 1. The summed E-state index contributed by atoms with van der Waals surface area (Å²) in [6.45, 7) is 5.30. The maximum absolute atomic E-state index is 10.7. The van der Waals surface area contributed by atoms with Crippen LogP contribution in [0.2, 0.25) is 5.28 Å². The molecule has 2 rings (SSSR count). The highest BCUT2D eigenvalue weighted by atomic mass is 127. The minimum Gasteiger partial charge on any atom is -0.465 e. The zero-order valence-electron chi connectivity index (χ0n) is 13.3. The van der Waals surface area contributed by atoms with Gasteiger partial charge in [0.05, 0.1) is 14.7 Å². The summed E-state index contributed by atoms with van der Waals surface area (Å²) in [5.74, 6) is 0. The quantitative estimate of drug-likeness (QED) is 0.351. The first-order chi connectivity index (χ1) is 11.5. The van der Waals surface area contributed by atoms with Crippen LogP contribution in [-0.2, 0) is 16.0 Å². The lowest BCUT2D eigenvalue weighted by atomic mass is 10.3. The number of fused-ring (bicyclic) bond motifs is 1. The summed E-state index contributed by atoms with van der Waals surface area (Å²) in [5.41, 5.74) is 1.39. The smallest absolute Gasteiger partial charge is 0.404 e. The molecular weight excluding hydrogens is 451 g/mol. The van der Waals surface area contributed by atoms with E-state index in [4.69, 9.17) is 26.2 Å². The molecule has 0 fully saturated rings. The van der Waals surface area contributed by atoms with Crippen molar-refractivity contribution in [3.8, 4) is 0 Å². The Morgan fingerprint density at radius 1 is 1.46 bits per heavy atom. The minimum absolute atomic E-state index is 0.125. The standard InChI is InChI=1S/C14H18ClIN4O4/c1-3-23-12(24-4-2)10-9(16)8-7-18-13(15)19-11(8)20(10)6-5-17-14(21)22/h7,12,17H,3-6H2,1-2H3,(H,21,22). The van der Waals surface area contributed by atoms with Gasteiger partial charge in [0.1, 0.15) is 5.65 Å². The van der Waals surface area contributed by atoms with Crippen molar-refractivity contribution in [3.63, 3.8) is 0 Å². The number of hydrogen-bond acceptors (Lipinski definition) is 5. The number of carbonyl (C=O) groups is 1. The van der Waals surface area contributed by atoms with Gasteiger partial charge in [-0.1, -0.05) is 0 Å². The molecule has 0 saturated heterocycles. The number of aromatic nitrogens is 3. The van der Waals surface area contributed by atoms with E-state index in [-0.39, 0.29) is 11.8 Å². The summed E-state index contributed by atoms with van der Waals surface area (Å²) in [5, 5.41) is 12.1. The van der Waals surface area contributed by atoms with Crippen molar-refractivity contribution in [2.45, 2.75) is 26.7 Å². The first-order valence-corrected chi connectivity index (χ1v) is 8.85. The molecule has 0 bridgehead atoms. The van der Waals surface area contributed by atoms with Crippen molar-refractivity contribution in [1.82, 2.24) is 19.9 Å². The van der Waals surface area contributed by atoms with Gasteiger partial charge < -0.3 is 24.5 Å². The third kappa shape index (κ3) is 4.26. The lowest BCUT2D eigenvalue weighted by molar-refractivity contribution is -0.144. The van der Waals surface area contributed by atoms with Gasteiger partial charge in [-0.2, -0.15) is 4.98 Å². The number of rotatable bonds is 8. The van der Waals surface area contributed by atoms with Gasteiger partial charge in [-0.05, 0) is 48.0 Å². The topological polar surface area (TPSA) is 98.5 Å². The molecule has 24 heavy (non-hydrogen) atoms. The Labute approximate surface area is 157 Å². The van der Waals surface area contributed by atoms with Crippen molar-refractivity contribution in [2.24, 2.45) is 0 Å². The summed E-state index contributed by atoms with van der Waals surface area (Å²) in [6.07, 6.45) is -0.0160. The molecular formula is C14H18ClIN4O4. The maximum atomic E-state index is 10.7. The molecule has 0 unspecified atom stereocenters. The van der Waals surface area contributed by atoms with Crippen molar-refractivity contribution in [3.05, 3.63) is 20.7 Å². The van der Waals surface area contributed by atoms with E-state index >= 15 is 0 Å². The monoisotopic (exact) mass is 468 g/mol. The maximum Gasteiger partial charge on any atom is 0.404 e. The summed E-state index contributed by atoms with van der Waals surface area (Å²) in [6, 6.07) is 0. The lowest BCUT2D eigenvalue weighted by Crippen LogP contribution is -2.26. The molecule has 132 valence electrons. The lowest BCUT2D eigenvalue weighted by Gasteiger charge is -2.20. The van der Waals surface area contributed by atoms with Crippen LogP contribution in [0.25, 0.3) is 11.0 Å². The van der Waals surface area contributed by atoms with Gasteiger partial charge in [-0.3, -0.25) is 0 Å². The van der Waals surface area contributed by atoms with E-state index in [1.54, 1.807) is 6.20 Å². The highest BCUT2D eigenvalue weighted by molar-refractivity contribution is 14.1. The molecule has 0 atom stereocenters. The van der Waals surface area contributed by atoms with E-state index in [1.807, 2.05) is 18.4 Å². The fourth-order valence-corrected chi connectivity index (χ4v) is 3.38. The number of hydrogen-bond donors (Lipinski definition) is 2. The Kier molecular flexibility index (Phi) is 7.02. The van der Waals surface area contributed by atoms with Crippen LogP contribution in [-0.4, -0.2) is 45.5 Å². The first-order valence-electron chi connectivity index (χ1n) is 7.39. The normalized spacial score (nSPS) is 11.4. The minimum atomic E-state index is -1.08. The van der Waals surface area contributed by atoms with Crippen LogP contribution >= 0.6 is 34.2 Å². The predicted octanol–water partition coefficient (Wildman–Crippen LogP) is 3.03. The molecule has 2 aromatic heterocycles. The van der Waals surface area contributed by atoms with Crippen LogP contribution < -0.4 is 5.32 Å². The van der Waals surface area contributed by atoms with Crippen LogP contribution in [0, 0.1) is 3.57 Å². The molecule has 0 saturated carbocycles. The van der Waals surface area contributed by atoms with Gasteiger partial charge in [-0.25, -0.2) is 9.78 Å². The van der Waals surface area contributed by atoms with Crippen molar-refractivity contribution >= 4 is 51.3 Å². The SMILES string of the molecule is CCOC(OCC)c1c(I)c2cnc(Cl)nc2n1CCNC(=O)O.